The molecule has 21 heavy (non-hydrogen) atoms. The second kappa shape index (κ2) is 4.22. The Morgan fingerprint density at radius 1 is 1.19 bits per heavy atom. The van der Waals surface area contributed by atoms with E-state index in [-0.39, 0.29) is 30.8 Å². The fraction of sp³-hybridized carbons (Fsp3) is 0.500. The fourth-order valence-corrected chi connectivity index (χ4v) is 3.53. The van der Waals surface area contributed by atoms with Crippen molar-refractivity contribution in [2.75, 3.05) is 0 Å². The molecule has 1 aromatic carbocycles. The highest BCUT2D eigenvalue weighted by molar-refractivity contribution is 5.97. The summed E-state index contributed by atoms with van der Waals surface area (Å²) in [6, 6.07) is 4.16. The second-order valence-electron chi connectivity index (χ2n) is 5.83. The van der Waals surface area contributed by atoms with Gasteiger partial charge in [0.05, 0.1) is 0 Å². The van der Waals surface area contributed by atoms with Crippen LogP contribution in [0, 0.1) is 0 Å². The smallest absolute Gasteiger partial charge is 0.254 e. The molecule has 0 aliphatic carbocycles. The maximum atomic E-state index is 13.6. The molecule has 2 bridgehead atoms. The highest BCUT2D eigenvalue weighted by atomic mass is 19.3. The van der Waals surface area contributed by atoms with Crippen molar-refractivity contribution in [2.24, 2.45) is 0 Å². The number of carbonyl (C=O) groups is 1. The van der Waals surface area contributed by atoms with Crippen molar-refractivity contribution < 1.29 is 18.2 Å². The lowest BCUT2D eigenvalue weighted by molar-refractivity contribution is -0.0735. The summed E-state index contributed by atoms with van der Waals surface area (Å²) < 4.78 is 31.8. The van der Waals surface area contributed by atoms with Gasteiger partial charge in [0.2, 0.25) is 0 Å². The number of piperidine rings is 1. The van der Waals surface area contributed by atoms with Crippen LogP contribution < -0.4 is 0 Å². The Morgan fingerprint density at radius 3 is 2.57 bits per heavy atom. The summed E-state index contributed by atoms with van der Waals surface area (Å²) in [7, 11) is 0. The van der Waals surface area contributed by atoms with Crippen LogP contribution in [0.25, 0.3) is 11.0 Å². The fourth-order valence-electron chi connectivity index (χ4n) is 3.53. The summed E-state index contributed by atoms with van der Waals surface area (Å²) in [5, 5.41) is 7.39. The van der Waals surface area contributed by atoms with Crippen molar-refractivity contribution in [3.63, 3.8) is 0 Å². The lowest BCUT2D eigenvalue weighted by Crippen LogP contribution is -2.50. The molecule has 2 saturated heterocycles. The van der Waals surface area contributed by atoms with E-state index < -0.39 is 5.92 Å². The van der Waals surface area contributed by atoms with Gasteiger partial charge in [0.15, 0.2) is 0 Å². The van der Waals surface area contributed by atoms with Crippen molar-refractivity contribution in [2.45, 2.75) is 43.7 Å². The number of alkyl halides is 2. The molecular weight excluding hydrogens is 280 g/mol. The maximum Gasteiger partial charge on any atom is 0.254 e. The number of benzene rings is 1. The number of amides is 1. The number of fused-ring (bicyclic) bond motifs is 3. The van der Waals surface area contributed by atoms with Crippen molar-refractivity contribution >= 4 is 16.9 Å². The minimum atomic E-state index is -2.65. The lowest BCUT2D eigenvalue weighted by atomic mass is 9.97. The zero-order chi connectivity index (χ0) is 14.6. The lowest BCUT2D eigenvalue weighted by Gasteiger charge is -2.38. The zero-order valence-corrected chi connectivity index (χ0v) is 11.1. The molecule has 0 N–H and O–H groups in total. The van der Waals surface area contributed by atoms with Crippen LogP contribution in [0.2, 0.25) is 0 Å². The van der Waals surface area contributed by atoms with Gasteiger partial charge in [-0.1, -0.05) is 0 Å². The summed E-state index contributed by atoms with van der Waals surface area (Å²) in [4.78, 5) is 14.3. The Morgan fingerprint density at radius 2 is 1.86 bits per heavy atom. The molecule has 110 valence electrons. The Kier molecular flexibility index (Phi) is 2.55. The van der Waals surface area contributed by atoms with E-state index in [0.717, 1.165) is 0 Å². The highest BCUT2D eigenvalue weighted by Gasteiger charge is 2.51. The molecule has 2 aliphatic rings. The number of halogens is 2. The number of nitrogens with zero attached hydrogens (tertiary/aromatic N) is 3. The first-order valence-electron chi connectivity index (χ1n) is 6.96. The summed E-state index contributed by atoms with van der Waals surface area (Å²) in [5.74, 6) is -2.86. The second-order valence-corrected chi connectivity index (χ2v) is 5.83. The third-order valence-corrected chi connectivity index (χ3v) is 4.42. The number of hydrogen-bond donors (Lipinski definition) is 0. The van der Waals surface area contributed by atoms with E-state index in [9.17, 15) is 13.6 Å². The van der Waals surface area contributed by atoms with Crippen LogP contribution in [-0.2, 0) is 0 Å². The molecular formula is C14H13F2N3O2. The molecule has 2 atom stereocenters. The minimum Gasteiger partial charge on any atom is -0.332 e. The normalized spacial score (nSPS) is 27.2. The number of rotatable bonds is 1. The Hall–Kier alpha value is -2.05. The maximum absolute atomic E-state index is 13.6. The van der Waals surface area contributed by atoms with Gasteiger partial charge in [0.1, 0.15) is 11.0 Å². The zero-order valence-electron chi connectivity index (χ0n) is 11.1. The molecule has 2 unspecified atom stereocenters. The highest BCUT2D eigenvalue weighted by Crippen LogP contribution is 2.44. The van der Waals surface area contributed by atoms with Gasteiger partial charge in [-0.2, -0.15) is 0 Å². The number of aromatic nitrogens is 2. The van der Waals surface area contributed by atoms with Gasteiger partial charge in [0.25, 0.3) is 11.8 Å². The average molecular weight is 293 g/mol. The molecule has 2 fully saturated rings. The molecule has 7 heteroatoms. The van der Waals surface area contributed by atoms with Crippen LogP contribution in [0.4, 0.5) is 8.78 Å². The van der Waals surface area contributed by atoms with Crippen LogP contribution in [0.3, 0.4) is 0 Å². The monoisotopic (exact) mass is 293 g/mol. The first-order valence-corrected chi connectivity index (χ1v) is 6.96. The van der Waals surface area contributed by atoms with E-state index in [4.69, 9.17) is 0 Å². The summed E-state index contributed by atoms with van der Waals surface area (Å²) in [6.45, 7) is 0. The molecule has 2 aromatic rings. The molecule has 0 spiro atoms. The standard InChI is InChI=1S/C14H13F2N3O2/c15-14(16)6-9-2-3-10(7-14)19(9)13(20)8-1-4-11-12(5-8)18-21-17-11/h1,4-5,9-10H,2-3,6-7H2. The Labute approximate surface area is 118 Å². The predicted molar refractivity (Wildman–Crippen MR) is 69.0 cm³/mol. The minimum absolute atomic E-state index is 0.206. The molecule has 5 nitrogen and oxygen atoms in total. The number of carbonyl (C=O) groups excluding carboxylic acids is 1. The summed E-state index contributed by atoms with van der Waals surface area (Å²) in [5.41, 5.74) is 1.51. The molecule has 4 rings (SSSR count). The quantitative estimate of drug-likeness (QED) is 0.811. The first-order chi connectivity index (χ1) is 10.0. The largest absolute Gasteiger partial charge is 0.332 e. The Balaban J connectivity index is 1.66. The van der Waals surface area contributed by atoms with E-state index in [0.29, 0.717) is 29.4 Å². The van der Waals surface area contributed by atoms with E-state index in [1.54, 1.807) is 23.1 Å². The van der Waals surface area contributed by atoms with Gasteiger partial charge in [-0.25, -0.2) is 13.4 Å². The van der Waals surface area contributed by atoms with Crippen molar-refractivity contribution in [1.29, 1.82) is 0 Å². The number of hydrogen-bond acceptors (Lipinski definition) is 4. The summed E-state index contributed by atoms with van der Waals surface area (Å²) in [6.07, 6.45) is 0.839. The SMILES string of the molecule is O=C(c1ccc2nonc2c1)N1C2CCC1CC(F)(F)C2. The van der Waals surface area contributed by atoms with Crippen LogP contribution in [0.5, 0.6) is 0 Å². The topological polar surface area (TPSA) is 59.2 Å². The third kappa shape index (κ3) is 1.99. The van der Waals surface area contributed by atoms with Gasteiger partial charge in [-0.3, -0.25) is 4.79 Å². The van der Waals surface area contributed by atoms with Gasteiger partial charge in [-0.15, -0.1) is 0 Å². The van der Waals surface area contributed by atoms with E-state index in [2.05, 4.69) is 14.9 Å². The van der Waals surface area contributed by atoms with Crippen molar-refractivity contribution in [3.05, 3.63) is 23.8 Å². The molecule has 2 aliphatic heterocycles. The van der Waals surface area contributed by atoms with E-state index in [1.807, 2.05) is 0 Å². The van der Waals surface area contributed by atoms with Crippen LogP contribution in [0.15, 0.2) is 22.8 Å². The van der Waals surface area contributed by atoms with Crippen molar-refractivity contribution in [1.82, 2.24) is 15.2 Å². The third-order valence-electron chi connectivity index (χ3n) is 4.42. The van der Waals surface area contributed by atoms with Gasteiger partial charge < -0.3 is 4.90 Å². The molecule has 0 saturated carbocycles. The molecule has 3 heterocycles. The predicted octanol–water partition coefficient (Wildman–Crippen LogP) is 2.63. The molecule has 1 aromatic heterocycles. The van der Waals surface area contributed by atoms with E-state index in [1.165, 1.54) is 0 Å². The van der Waals surface area contributed by atoms with Crippen LogP contribution in [-0.4, -0.2) is 39.1 Å². The molecule has 0 radical (unpaired) electrons. The average Bonchev–Trinajstić information content (AvgIpc) is 3.00. The molecule has 1 amide bonds. The van der Waals surface area contributed by atoms with Crippen LogP contribution in [0.1, 0.15) is 36.0 Å². The summed E-state index contributed by atoms with van der Waals surface area (Å²) >= 11 is 0. The van der Waals surface area contributed by atoms with Gasteiger partial charge in [-0.05, 0) is 41.4 Å². The van der Waals surface area contributed by atoms with Crippen LogP contribution >= 0.6 is 0 Å². The first kappa shape index (κ1) is 12.7. The van der Waals surface area contributed by atoms with Gasteiger partial charge >= 0.3 is 0 Å². The Bertz CT molecular complexity index is 699. The van der Waals surface area contributed by atoms with Gasteiger partial charge in [0, 0.05) is 30.5 Å². The van der Waals surface area contributed by atoms with E-state index >= 15 is 0 Å². The van der Waals surface area contributed by atoms with Crippen molar-refractivity contribution in [3.8, 4) is 0 Å².